The summed E-state index contributed by atoms with van der Waals surface area (Å²) in [5, 5.41) is 6.15. The second-order valence-corrected chi connectivity index (χ2v) is 2.18. The molecule has 0 aliphatic rings. The van der Waals surface area contributed by atoms with E-state index in [-0.39, 0.29) is 6.61 Å². The van der Waals surface area contributed by atoms with Gasteiger partial charge < -0.3 is 14.3 Å². The van der Waals surface area contributed by atoms with Crippen LogP contribution in [0, 0.1) is 0 Å². The van der Waals surface area contributed by atoms with Crippen LogP contribution in [-0.2, 0) is 14.3 Å². The smallest absolute Gasteiger partial charge is 0.120 e. The molecule has 15 heavy (non-hydrogen) atoms. The monoisotopic (exact) mass is 216 g/mol. The molecule has 0 aromatic carbocycles. The fourth-order valence-corrected chi connectivity index (χ4v) is 0.635. The molecule has 0 aliphatic heterocycles. The average Bonchev–Trinajstić information content (AvgIpc) is 2.26. The third-order valence-corrected chi connectivity index (χ3v) is 1.18. The van der Waals surface area contributed by atoms with Crippen LogP contribution < -0.4 is 0 Å². The van der Waals surface area contributed by atoms with Crippen molar-refractivity contribution >= 4 is 0 Å². The normalized spacial score (nSPS) is 8.80. The molecule has 0 N–H and O–H groups in total. The van der Waals surface area contributed by atoms with Gasteiger partial charge in [-0.2, -0.15) is 0 Å². The Hall–Kier alpha value is -1.66. The topological polar surface area (TPSA) is 125 Å². The molecular weight excluding hydrogens is 204 g/mol. The minimum Gasteiger partial charge on any atom is -0.431 e. The van der Waals surface area contributed by atoms with Crippen molar-refractivity contribution in [1.29, 1.82) is 0 Å². The maximum Gasteiger partial charge on any atom is 0.120 e. The molecule has 0 saturated carbocycles. The lowest BCUT2D eigenvalue weighted by atomic mass is 10.7. The fourth-order valence-electron chi connectivity index (χ4n) is 0.635. The van der Waals surface area contributed by atoms with E-state index < -0.39 is 0 Å². The highest BCUT2D eigenvalue weighted by Crippen LogP contribution is 1.82. The van der Waals surface area contributed by atoms with Crippen LogP contribution in [0.1, 0.15) is 0 Å². The number of hydrogen-bond acceptors (Lipinski definition) is 5. The molecule has 0 saturated heterocycles. The van der Waals surface area contributed by atoms with Gasteiger partial charge in [-0.1, -0.05) is 5.11 Å². The molecule has 0 fully saturated rings. The number of hydrogen-bond donors (Lipinski definition) is 0. The molecule has 0 spiro atoms. The Morgan fingerprint density at radius 2 is 1.53 bits per heavy atom. The number of ether oxygens (including phenoxy) is 2. The van der Waals surface area contributed by atoms with Gasteiger partial charge in [-0.3, -0.25) is 0 Å². The predicted molar refractivity (Wildman–Crippen MR) is 50.7 cm³/mol. The summed E-state index contributed by atoms with van der Waals surface area (Å²) in [6.45, 7) is 2.07. The molecule has 9 heteroatoms. The maximum absolute atomic E-state index is 7.94. The summed E-state index contributed by atoms with van der Waals surface area (Å²) >= 11 is 0. The van der Waals surface area contributed by atoms with Crippen molar-refractivity contribution in [3.8, 4) is 0 Å². The average molecular weight is 216 g/mol. The highest BCUT2D eigenvalue weighted by molar-refractivity contribution is 4.44. The second-order valence-electron chi connectivity index (χ2n) is 2.18. The van der Waals surface area contributed by atoms with Gasteiger partial charge in [-0.25, -0.2) is 0 Å². The van der Waals surface area contributed by atoms with E-state index in [0.717, 1.165) is 0 Å². The van der Waals surface area contributed by atoms with Crippen LogP contribution in [0.15, 0.2) is 10.4 Å². The predicted octanol–water partition coefficient (Wildman–Crippen LogP) is 1.57. The van der Waals surface area contributed by atoms with Crippen molar-refractivity contribution in [2.45, 2.75) is 0 Å². The Balaban J connectivity index is 2.98. The van der Waals surface area contributed by atoms with Gasteiger partial charge in [0, 0.05) is 16.4 Å². The van der Waals surface area contributed by atoms with E-state index in [0.29, 0.717) is 33.0 Å². The van der Waals surface area contributed by atoms with Gasteiger partial charge in [-0.05, 0) is 11.1 Å². The van der Waals surface area contributed by atoms with E-state index in [1.807, 2.05) is 0 Å². The van der Waals surface area contributed by atoms with Gasteiger partial charge in [0.2, 0.25) is 0 Å². The molecular formula is C6H12N6O3. The zero-order chi connectivity index (χ0) is 11.2. The van der Waals surface area contributed by atoms with Gasteiger partial charge in [-0.15, -0.1) is 0 Å². The van der Waals surface area contributed by atoms with Crippen LogP contribution in [0.25, 0.3) is 20.9 Å². The fraction of sp³-hybridized carbons (Fsp3) is 1.00. The summed E-state index contributed by atoms with van der Waals surface area (Å²) in [6.07, 6.45) is 0. The van der Waals surface area contributed by atoms with E-state index in [9.17, 15) is 0 Å². The third-order valence-electron chi connectivity index (χ3n) is 1.18. The van der Waals surface area contributed by atoms with E-state index in [1.165, 1.54) is 0 Å². The van der Waals surface area contributed by atoms with Crippen LogP contribution in [0.3, 0.4) is 0 Å². The summed E-state index contributed by atoms with van der Waals surface area (Å²) in [5.74, 6) is 0. The molecule has 0 atom stereocenters. The quantitative estimate of drug-likeness (QED) is 0.181. The summed E-state index contributed by atoms with van der Waals surface area (Å²) in [6, 6.07) is 0. The molecule has 0 unspecified atom stereocenters. The Morgan fingerprint density at radius 1 is 0.867 bits per heavy atom. The SMILES string of the molecule is [N-]=[N+]=NCCOCCOCCON=[N+]=[N-]. The molecule has 84 valence electrons. The molecule has 0 aromatic rings. The molecule has 0 aromatic heterocycles. The van der Waals surface area contributed by atoms with Crippen molar-refractivity contribution in [3.63, 3.8) is 0 Å². The van der Waals surface area contributed by atoms with Crippen LogP contribution in [0.5, 0.6) is 0 Å². The first kappa shape index (κ1) is 13.3. The van der Waals surface area contributed by atoms with E-state index in [4.69, 9.17) is 20.5 Å². The van der Waals surface area contributed by atoms with E-state index >= 15 is 0 Å². The largest absolute Gasteiger partial charge is 0.431 e. The van der Waals surface area contributed by atoms with Crippen molar-refractivity contribution < 1.29 is 14.3 Å². The molecule has 0 aliphatic carbocycles. The number of nitrogens with zero attached hydrogens (tertiary/aromatic N) is 6. The highest BCUT2D eigenvalue weighted by atomic mass is 16.7. The summed E-state index contributed by atoms with van der Waals surface area (Å²) in [7, 11) is 0. The molecule has 0 bridgehead atoms. The zero-order valence-corrected chi connectivity index (χ0v) is 8.15. The number of azide groups is 2. The lowest BCUT2D eigenvalue weighted by Gasteiger charge is -2.03. The van der Waals surface area contributed by atoms with Crippen LogP contribution >= 0.6 is 0 Å². The van der Waals surface area contributed by atoms with Crippen molar-refractivity contribution in [1.82, 2.24) is 0 Å². The van der Waals surface area contributed by atoms with Crippen molar-refractivity contribution in [2.24, 2.45) is 10.4 Å². The first-order valence-corrected chi connectivity index (χ1v) is 4.24. The van der Waals surface area contributed by atoms with Gasteiger partial charge in [0.05, 0.1) is 26.4 Å². The summed E-state index contributed by atoms with van der Waals surface area (Å²) in [4.78, 5) is 9.39. The van der Waals surface area contributed by atoms with Crippen LogP contribution in [0.2, 0.25) is 0 Å². The first-order chi connectivity index (χ1) is 7.41. The standard InChI is InChI=1S/C6H12N6O3/c7-10-9-1-2-13-3-4-14-5-6-15-12-11-8/h1-6H2. The Morgan fingerprint density at radius 3 is 2.20 bits per heavy atom. The molecule has 0 amide bonds. The Bertz CT molecular complexity index is 211. The second kappa shape index (κ2) is 12.3. The maximum atomic E-state index is 7.94. The van der Waals surface area contributed by atoms with Crippen molar-refractivity contribution in [3.05, 3.63) is 20.9 Å². The van der Waals surface area contributed by atoms with E-state index in [2.05, 4.69) is 25.1 Å². The van der Waals surface area contributed by atoms with Gasteiger partial charge in [0.25, 0.3) is 0 Å². The van der Waals surface area contributed by atoms with Crippen molar-refractivity contribution in [2.75, 3.05) is 39.6 Å². The third kappa shape index (κ3) is 12.3. The van der Waals surface area contributed by atoms with Gasteiger partial charge >= 0.3 is 0 Å². The Labute approximate surface area is 86.1 Å². The zero-order valence-electron chi connectivity index (χ0n) is 8.15. The van der Waals surface area contributed by atoms with Crippen LogP contribution in [0.4, 0.5) is 0 Å². The minimum atomic E-state index is 0.211. The molecule has 0 rings (SSSR count). The molecule has 0 radical (unpaired) electrons. The molecule has 9 nitrogen and oxygen atoms in total. The summed E-state index contributed by atoms with van der Waals surface area (Å²) in [5.41, 5.74) is 15.8. The van der Waals surface area contributed by atoms with Gasteiger partial charge in [0.15, 0.2) is 0 Å². The first-order valence-electron chi connectivity index (χ1n) is 4.24. The Kier molecular flexibility index (Phi) is 11.0. The minimum absolute atomic E-state index is 0.211. The summed E-state index contributed by atoms with van der Waals surface area (Å²) < 4.78 is 10.1. The van der Waals surface area contributed by atoms with Crippen LogP contribution in [-0.4, -0.2) is 39.6 Å². The number of rotatable bonds is 10. The lowest BCUT2D eigenvalue weighted by molar-refractivity contribution is 0.0160. The van der Waals surface area contributed by atoms with E-state index in [1.54, 1.807) is 0 Å². The molecule has 0 heterocycles. The highest BCUT2D eigenvalue weighted by Gasteiger charge is 1.89. The van der Waals surface area contributed by atoms with Gasteiger partial charge in [0.1, 0.15) is 11.9 Å². The lowest BCUT2D eigenvalue weighted by Crippen LogP contribution is -2.09.